The molecule has 0 saturated carbocycles. The van der Waals surface area contributed by atoms with E-state index in [1.807, 2.05) is 0 Å². The molecule has 0 radical (unpaired) electrons. The van der Waals surface area contributed by atoms with Gasteiger partial charge in [0.2, 0.25) is 0 Å². The minimum absolute atomic E-state index is 0.349. The van der Waals surface area contributed by atoms with Crippen LogP contribution in [-0.4, -0.2) is 24.2 Å². The first-order valence-corrected chi connectivity index (χ1v) is 7.00. The van der Waals surface area contributed by atoms with Crippen LogP contribution in [0, 0.1) is 19.8 Å². The highest BCUT2D eigenvalue weighted by Gasteiger charge is 2.16. The number of carboxylic acid groups (broad SMARTS) is 1. The van der Waals surface area contributed by atoms with Gasteiger partial charge in [-0.3, -0.25) is 4.79 Å². The van der Waals surface area contributed by atoms with E-state index in [1.165, 1.54) is 11.1 Å². The highest BCUT2D eigenvalue weighted by atomic mass is 16.4. The smallest absolute Gasteiger partial charge is 0.308 e. The molecule has 0 aliphatic rings. The summed E-state index contributed by atoms with van der Waals surface area (Å²) in [6.07, 6.45) is 2.20. The maximum atomic E-state index is 11.0. The van der Waals surface area contributed by atoms with Gasteiger partial charge >= 0.3 is 5.97 Å². The van der Waals surface area contributed by atoms with Crippen LogP contribution >= 0.6 is 0 Å². The van der Waals surface area contributed by atoms with Crippen molar-refractivity contribution in [3.8, 4) is 0 Å². The second kappa shape index (κ2) is 7.17. The molecule has 0 spiro atoms. The molecule has 1 atom stereocenters. The third-order valence-corrected chi connectivity index (χ3v) is 3.27. The molecule has 1 aromatic rings. The van der Waals surface area contributed by atoms with Crippen LogP contribution in [0.1, 0.15) is 37.8 Å². The van der Waals surface area contributed by atoms with E-state index in [4.69, 9.17) is 5.11 Å². The van der Waals surface area contributed by atoms with Crippen LogP contribution in [-0.2, 0) is 4.79 Å². The number of hydrogen-bond donors (Lipinski definition) is 1. The van der Waals surface area contributed by atoms with Gasteiger partial charge in [-0.05, 0) is 43.5 Å². The molecule has 3 nitrogen and oxygen atoms in total. The summed E-state index contributed by atoms with van der Waals surface area (Å²) in [5, 5.41) is 9.09. The maximum absolute atomic E-state index is 11.0. The molecule has 0 heterocycles. The third-order valence-electron chi connectivity index (χ3n) is 3.27. The van der Waals surface area contributed by atoms with E-state index < -0.39 is 5.97 Å². The number of aryl methyl sites for hydroxylation is 2. The molecule has 1 rings (SSSR count). The lowest BCUT2D eigenvalue weighted by molar-refractivity contribution is -0.140. The molecule has 0 aromatic heterocycles. The van der Waals surface area contributed by atoms with Gasteiger partial charge in [0.1, 0.15) is 0 Å². The van der Waals surface area contributed by atoms with E-state index in [-0.39, 0.29) is 5.92 Å². The number of benzene rings is 1. The first-order valence-electron chi connectivity index (χ1n) is 7.00. The van der Waals surface area contributed by atoms with E-state index in [9.17, 15) is 4.79 Å². The van der Waals surface area contributed by atoms with Gasteiger partial charge in [-0.15, -0.1) is 0 Å². The Labute approximate surface area is 116 Å². The lowest BCUT2D eigenvalue weighted by Crippen LogP contribution is -2.32. The molecule has 0 amide bonds. The first-order chi connectivity index (χ1) is 8.93. The van der Waals surface area contributed by atoms with Gasteiger partial charge in [0.15, 0.2) is 0 Å². The molecule has 106 valence electrons. The van der Waals surface area contributed by atoms with Crippen molar-refractivity contribution in [3.63, 3.8) is 0 Å². The second-order valence-corrected chi connectivity index (χ2v) is 5.38. The van der Waals surface area contributed by atoms with E-state index in [2.05, 4.69) is 43.9 Å². The van der Waals surface area contributed by atoms with Crippen molar-refractivity contribution in [2.75, 3.05) is 18.0 Å². The van der Waals surface area contributed by atoms with Gasteiger partial charge in [0.05, 0.1) is 5.92 Å². The molecule has 3 heteroatoms. The molecule has 0 saturated heterocycles. The normalized spacial score (nSPS) is 12.2. The average Bonchev–Trinajstić information content (AvgIpc) is 2.32. The average molecular weight is 263 g/mol. The lowest BCUT2D eigenvalue weighted by atomic mass is 10.1. The number of anilines is 1. The van der Waals surface area contributed by atoms with E-state index in [1.54, 1.807) is 6.92 Å². The molecule has 0 aliphatic carbocycles. The molecule has 1 N–H and O–H groups in total. The summed E-state index contributed by atoms with van der Waals surface area (Å²) in [6.45, 7) is 9.56. The number of carbonyl (C=O) groups is 1. The Morgan fingerprint density at radius 3 is 2.32 bits per heavy atom. The minimum atomic E-state index is -0.731. The molecule has 0 bridgehead atoms. The summed E-state index contributed by atoms with van der Waals surface area (Å²) in [4.78, 5) is 13.2. The van der Waals surface area contributed by atoms with Crippen LogP contribution in [0.5, 0.6) is 0 Å². The van der Waals surface area contributed by atoms with Crippen LogP contribution in [0.25, 0.3) is 0 Å². The Hall–Kier alpha value is -1.51. The monoisotopic (exact) mass is 263 g/mol. The Bertz CT molecular complexity index is 409. The summed E-state index contributed by atoms with van der Waals surface area (Å²) >= 11 is 0. The van der Waals surface area contributed by atoms with Gasteiger partial charge in [-0.2, -0.15) is 0 Å². The highest BCUT2D eigenvalue weighted by Crippen LogP contribution is 2.20. The molecular formula is C16H25NO2. The van der Waals surface area contributed by atoms with E-state index in [0.717, 1.165) is 25.1 Å². The van der Waals surface area contributed by atoms with Crippen molar-refractivity contribution in [1.82, 2.24) is 0 Å². The number of unbranched alkanes of at least 4 members (excludes halogenated alkanes) is 1. The summed E-state index contributed by atoms with van der Waals surface area (Å²) < 4.78 is 0. The Morgan fingerprint density at radius 1 is 1.26 bits per heavy atom. The summed E-state index contributed by atoms with van der Waals surface area (Å²) in [5.41, 5.74) is 3.58. The largest absolute Gasteiger partial charge is 0.481 e. The summed E-state index contributed by atoms with van der Waals surface area (Å²) in [6, 6.07) is 6.41. The number of rotatable bonds is 7. The van der Waals surface area contributed by atoms with E-state index >= 15 is 0 Å². The molecule has 1 unspecified atom stereocenters. The van der Waals surface area contributed by atoms with Crippen LogP contribution in [0.4, 0.5) is 5.69 Å². The summed E-state index contributed by atoms with van der Waals surface area (Å²) in [5.74, 6) is -1.08. The first kappa shape index (κ1) is 15.5. The zero-order valence-corrected chi connectivity index (χ0v) is 12.4. The van der Waals surface area contributed by atoms with Crippen molar-refractivity contribution in [2.45, 2.75) is 40.5 Å². The number of aliphatic carboxylic acids is 1. The zero-order valence-electron chi connectivity index (χ0n) is 12.4. The Morgan fingerprint density at radius 2 is 1.84 bits per heavy atom. The number of nitrogens with zero attached hydrogens (tertiary/aromatic N) is 1. The maximum Gasteiger partial charge on any atom is 0.308 e. The van der Waals surface area contributed by atoms with E-state index in [0.29, 0.717) is 6.54 Å². The second-order valence-electron chi connectivity index (χ2n) is 5.38. The standard InChI is InChI=1S/C16H25NO2/c1-5-6-7-17(11-14(4)16(18)19)15-9-12(2)8-13(3)10-15/h8-10,14H,5-7,11H2,1-4H3,(H,18,19). The molecule has 0 aliphatic heterocycles. The van der Waals surface area contributed by atoms with Crippen molar-refractivity contribution in [2.24, 2.45) is 5.92 Å². The topological polar surface area (TPSA) is 40.5 Å². The number of carboxylic acids is 1. The highest BCUT2D eigenvalue weighted by molar-refractivity contribution is 5.70. The van der Waals surface area contributed by atoms with Gasteiger partial charge < -0.3 is 10.0 Å². The quantitative estimate of drug-likeness (QED) is 0.816. The predicted octanol–water partition coefficient (Wildman–Crippen LogP) is 3.63. The SMILES string of the molecule is CCCCN(CC(C)C(=O)O)c1cc(C)cc(C)c1. The Kier molecular flexibility index (Phi) is 5.87. The molecule has 1 aromatic carbocycles. The molecule has 0 fully saturated rings. The van der Waals surface area contributed by atoms with Crippen LogP contribution in [0.2, 0.25) is 0 Å². The Balaban J connectivity index is 2.91. The van der Waals surface area contributed by atoms with Gasteiger partial charge in [0.25, 0.3) is 0 Å². The number of hydrogen-bond acceptors (Lipinski definition) is 2. The minimum Gasteiger partial charge on any atom is -0.481 e. The van der Waals surface area contributed by atoms with Crippen molar-refractivity contribution < 1.29 is 9.90 Å². The van der Waals surface area contributed by atoms with Crippen LogP contribution in [0.3, 0.4) is 0 Å². The van der Waals surface area contributed by atoms with Gasteiger partial charge in [-0.25, -0.2) is 0 Å². The fourth-order valence-corrected chi connectivity index (χ4v) is 2.22. The molecular weight excluding hydrogens is 238 g/mol. The van der Waals surface area contributed by atoms with Crippen molar-refractivity contribution in [1.29, 1.82) is 0 Å². The van der Waals surface area contributed by atoms with Gasteiger partial charge in [0, 0.05) is 18.8 Å². The van der Waals surface area contributed by atoms with Crippen LogP contribution in [0.15, 0.2) is 18.2 Å². The van der Waals surface area contributed by atoms with Crippen molar-refractivity contribution >= 4 is 11.7 Å². The molecule has 19 heavy (non-hydrogen) atoms. The predicted molar refractivity (Wildman–Crippen MR) is 79.8 cm³/mol. The fraction of sp³-hybridized carbons (Fsp3) is 0.562. The lowest BCUT2D eigenvalue weighted by Gasteiger charge is -2.27. The van der Waals surface area contributed by atoms with Crippen molar-refractivity contribution in [3.05, 3.63) is 29.3 Å². The van der Waals surface area contributed by atoms with Gasteiger partial charge in [-0.1, -0.05) is 26.3 Å². The third kappa shape index (κ3) is 4.93. The van der Waals surface area contributed by atoms with Crippen LogP contribution < -0.4 is 4.90 Å². The summed E-state index contributed by atoms with van der Waals surface area (Å²) in [7, 11) is 0. The fourth-order valence-electron chi connectivity index (χ4n) is 2.22. The zero-order chi connectivity index (χ0) is 14.4.